The molecule has 0 saturated heterocycles. The van der Waals surface area contributed by atoms with Gasteiger partial charge in [-0.05, 0) is 225 Å². The zero-order valence-electron chi connectivity index (χ0n) is 71.1. The number of aliphatic carboxylic acids is 5. The van der Waals surface area contributed by atoms with E-state index < -0.39 is 29.8 Å². The van der Waals surface area contributed by atoms with Crippen molar-refractivity contribution in [1.82, 2.24) is 0 Å². The van der Waals surface area contributed by atoms with E-state index in [4.69, 9.17) is 25.5 Å². The van der Waals surface area contributed by atoms with Crippen LogP contribution in [0.3, 0.4) is 0 Å². The maximum Gasteiger partial charge on any atom is 0.303 e. The summed E-state index contributed by atoms with van der Waals surface area (Å²) in [7, 11) is 0. The van der Waals surface area contributed by atoms with Crippen molar-refractivity contribution in [3.63, 3.8) is 0 Å². The third-order valence-electron chi connectivity index (χ3n) is 16.1. The van der Waals surface area contributed by atoms with E-state index in [2.05, 4.69) is 283 Å². The first-order chi connectivity index (χ1) is 54.9. The predicted octanol–water partition coefficient (Wildman–Crippen LogP) is 31.4. The molecule has 0 atom stereocenters. The summed E-state index contributed by atoms with van der Waals surface area (Å²) in [5.74, 6) is -3.52. The molecule has 5 N–H and O–H groups in total. The maximum atomic E-state index is 10.4. The number of unbranched alkanes of at least 4 members (excludes halogenated alkanes) is 17. The van der Waals surface area contributed by atoms with Crippen LogP contribution >= 0.6 is 0 Å². The first-order valence-corrected chi connectivity index (χ1v) is 43.2. The van der Waals surface area contributed by atoms with Gasteiger partial charge >= 0.3 is 29.8 Å². The largest absolute Gasteiger partial charge is 0.481 e. The van der Waals surface area contributed by atoms with E-state index in [1.165, 1.54) is 64.2 Å². The molecule has 0 rings (SSSR count). The normalized spacial score (nSPS) is 12.5. The Kier molecular flexibility index (Phi) is 109. The van der Waals surface area contributed by atoms with Crippen molar-refractivity contribution in [3.8, 4) is 0 Å². The fourth-order valence-electron chi connectivity index (χ4n) is 9.74. The third kappa shape index (κ3) is 131. The molecule has 628 valence electrons. The average molecular weight is 1550 g/mol. The Labute approximate surface area is 685 Å². The summed E-state index contributed by atoms with van der Waals surface area (Å²) in [5.41, 5.74) is 0. The molecule has 0 aliphatic rings. The summed E-state index contributed by atoms with van der Waals surface area (Å²) >= 11 is 0. The molecular weight excluding hydrogens is 1390 g/mol. The molecule has 0 spiro atoms. The van der Waals surface area contributed by atoms with Crippen LogP contribution in [0.1, 0.15) is 343 Å². The van der Waals surface area contributed by atoms with Gasteiger partial charge < -0.3 is 25.5 Å². The Morgan fingerprint density at radius 1 is 0.170 bits per heavy atom. The molecule has 10 nitrogen and oxygen atoms in total. The van der Waals surface area contributed by atoms with Crippen molar-refractivity contribution in [2.45, 2.75) is 343 Å². The van der Waals surface area contributed by atoms with Crippen LogP contribution in [0.4, 0.5) is 0 Å². The van der Waals surface area contributed by atoms with Gasteiger partial charge in [-0.3, -0.25) is 24.0 Å². The minimum atomic E-state index is -0.742. The van der Waals surface area contributed by atoms with Crippen LogP contribution < -0.4 is 0 Å². The predicted molar refractivity (Wildman–Crippen MR) is 489 cm³/mol. The number of carboxylic acids is 5. The third-order valence-corrected chi connectivity index (χ3v) is 16.1. The number of rotatable bonds is 70. The standard InChI is InChI=1S/C23H38O2.C21H30O2.C20H32O2.C20H30O2.C18H30O2/c1-2-3-4-5-6-7-8-9-10-11-12-13-14-15-16-17-18-19-20-21-22-23(24)25;1-2-3-4-5-6-7-8-9-10-11-12-13-14-15-16-17-18-19-20-21(22)23;2*1-2-3-4-5-6-7-8-9-10-11-12-13-14-15-16-17-18-19-20(21)22;1-2-3-4-5-6-7-8-9-10-11-12-13-14-15-16-17-18(19)20/h6-7,9-10,12-13,15-16H,2-5,8,11,14,17-22H2,1H3,(H,24,25);2-3,5-6,8-9,11-12,14-15,17-18H,4,7,10,13,16,19-20H2,1H3,(H,22,23);6-7,9-10,12-13,15-16H,2-5,8,11,14,17-19H2,1H3,(H,21,22);3-4,6-7,9-10,12-13,15-16H,2,5,8,11,14,17-19H2,1H3,(H,21,22);3-4,6-7,9-10H,2,5,8,11-17H2,1H3,(H,19,20)/b7-6-,10-9-,13-12-,16-15-;3-2-,6-5-,9-8-,12-11-,15-14-,18-17-;7-6-,10-9-,13-12-,16-15-;4-3-,7-6-,10-9-,13-12-,16-15-;4-3-,7-6-,10-9-. The zero-order chi connectivity index (χ0) is 82.9. The molecule has 0 aromatic heterocycles. The first kappa shape index (κ1) is 112. The van der Waals surface area contributed by atoms with Crippen LogP contribution in [0.2, 0.25) is 0 Å². The van der Waals surface area contributed by atoms with E-state index in [1.807, 2.05) is 19.1 Å². The molecule has 0 radical (unpaired) electrons. The summed E-state index contributed by atoms with van der Waals surface area (Å²) in [6.45, 7) is 10.8. The summed E-state index contributed by atoms with van der Waals surface area (Å²) in [5, 5.41) is 42.5. The number of allylic oxidation sites excluding steroid dienone is 44. The lowest BCUT2D eigenvalue weighted by molar-refractivity contribution is -0.138. The fraction of sp³-hybridized carbons (Fsp3) is 0.520. The van der Waals surface area contributed by atoms with Crippen LogP contribution in [0.15, 0.2) is 267 Å². The second-order valence-corrected chi connectivity index (χ2v) is 26.8. The molecule has 10 heteroatoms. The average Bonchev–Trinajstić information content (AvgIpc) is 3.04. The first-order valence-electron chi connectivity index (χ1n) is 43.2. The Morgan fingerprint density at radius 3 is 0.536 bits per heavy atom. The Hall–Kier alpha value is -8.37. The summed E-state index contributed by atoms with van der Waals surface area (Å²) < 4.78 is 0. The number of carbonyl (C=O) groups is 5. The monoisotopic (exact) mass is 1550 g/mol. The van der Waals surface area contributed by atoms with Gasteiger partial charge in [0.15, 0.2) is 0 Å². The van der Waals surface area contributed by atoms with Crippen molar-refractivity contribution in [2.24, 2.45) is 0 Å². The van der Waals surface area contributed by atoms with Crippen LogP contribution in [-0.4, -0.2) is 55.4 Å². The van der Waals surface area contributed by atoms with Crippen LogP contribution in [0.25, 0.3) is 0 Å². The van der Waals surface area contributed by atoms with Crippen molar-refractivity contribution >= 4 is 29.8 Å². The Morgan fingerprint density at radius 2 is 0.330 bits per heavy atom. The van der Waals surface area contributed by atoms with Gasteiger partial charge in [0.2, 0.25) is 0 Å². The minimum Gasteiger partial charge on any atom is -0.481 e. The molecule has 0 unspecified atom stereocenters. The Bertz CT molecular complexity index is 2780. The number of hydrogen-bond donors (Lipinski definition) is 5. The lowest BCUT2D eigenvalue weighted by atomic mass is 10.1. The molecule has 0 aliphatic heterocycles. The Balaban J connectivity index is -0.000000427. The molecule has 0 bridgehead atoms. The van der Waals surface area contributed by atoms with E-state index in [-0.39, 0.29) is 19.3 Å². The minimum absolute atomic E-state index is 0.210. The molecule has 0 aromatic rings. The zero-order valence-corrected chi connectivity index (χ0v) is 71.1. The van der Waals surface area contributed by atoms with E-state index in [1.54, 1.807) is 0 Å². The van der Waals surface area contributed by atoms with Crippen molar-refractivity contribution in [2.75, 3.05) is 0 Å². The van der Waals surface area contributed by atoms with Crippen molar-refractivity contribution < 1.29 is 49.5 Å². The van der Waals surface area contributed by atoms with E-state index in [0.717, 1.165) is 205 Å². The van der Waals surface area contributed by atoms with Gasteiger partial charge in [0.25, 0.3) is 0 Å². The molecule has 0 heterocycles. The van der Waals surface area contributed by atoms with Crippen LogP contribution in [0, 0.1) is 0 Å². The summed E-state index contributed by atoms with van der Waals surface area (Å²) in [6.07, 6.45) is 142. The van der Waals surface area contributed by atoms with E-state index >= 15 is 0 Å². The van der Waals surface area contributed by atoms with Crippen LogP contribution in [0.5, 0.6) is 0 Å². The van der Waals surface area contributed by atoms with Gasteiger partial charge in [-0.1, -0.05) is 353 Å². The maximum absolute atomic E-state index is 10.4. The highest BCUT2D eigenvalue weighted by atomic mass is 16.4. The van der Waals surface area contributed by atoms with Gasteiger partial charge in [0.05, 0.1) is 0 Å². The molecule has 0 aliphatic carbocycles. The smallest absolute Gasteiger partial charge is 0.303 e. The summed E-state index contributed by atoms with van der Waals surface area (Å²) in [6, 6.07) is 0. The second-order valence-electron chi connectivity index (χ2n) is 26.8. The number of carboxylic acid groups (broad SMARTS) is 5. The van der Waals surface area contributed by atoms with Gasteiger partial charge in [-0.2, -0.15) is 0 Å². The van der Waals surface area contributed by atoms with Gasteiger partial charge in [0.1, 0.15) is 0 Å². The highest BCUT2D eigenvalue weighted by Crippen LogP contribution is 2.11. The van der Waals surface area contributed by atoms with Gasteiger partial charge in [-0.25, -0.2) is 0 Å². The van der Waals surface area contributed by atoms with E-state index in [9.17, 15) is 24.0 Å². The van der Waals surface area contributed by atoms with E-state index in [0.29, 0.717) is 19.3 Å². The topological polar surface area (TPSA) is 186 Å². The quantitative estimate of drug-likeness (QED) is 0.0290. The SMILES string of the molecule is C/C=C\C/C=C\C/C=C\C/C=C\C/C=C\C/C=C\CCC(=O)O.CC/C=C\C/C=C\C/C=C\C/C=C\C/C=C\CCCC(=O)O.CC/C=C\C/C=C\C/C=C\CCCCCCCC(=O)O.CCCCC/C=C\C/C=C\C/C=C\C/C=C\CCCC(=O)O.CCCCC/C=C\C/C=C\C/C=C\C/C=C\CCCCCCC(=O)O. The highest BCUT2D eigenvalue weighted by Gasteiger charge is 1.98. The molecule has 0 aromatic carbocycles. The van der Waals surface area contributed by atoms with Crippen molar-refractivity contribution in [1.29, 1.82) is 0 Å². The van der Waals surface area contributed by atoms with Crippen molar-refractivity contribution in [3.05, 3.63) is 267 Å². The lowest BCUT2D eigenvalue weighted by Crippen LogP contribution is -1.93. The number of hydrogen-bond acceptors (Lipinski definition) is 5. The fourth-order valence-corrected chi connectivity index (χ4v) is 9.74. The molecule has 112 heavy (non-hydrogen) atoms. The molecule has 0 fully saturated rings. The molecule has 0 amide bonds. The lowest BCUT2D eigenvalue weighted by Gasteiger charge is -1.98. The molecule has 0 saturated carbocycles. The van der Waals surface area contributed by atoms with Gasteiger partial charge in [-0.15, -0.1) is 0 Å². The van der Waals surface area contributed by atoms with Gasteiger partial charge in [0, 0.05) is 32.1 Å². The molecular formula is C102H160O10. The summed E-state index contributed by atoms with van der Waals surface area (Å²) in [4.78, 5) is 51.6. The highest BCUT2D eigenvalue weighted by molar-refractivity contribution is 5.67. The second kappa shape index (κ2) is 109. The van der Waals surface area contributed by atoms with Crippen LogP contribution in [-0.2, 0) is 24.0 Å².